The molecule has 0 N–H and O–H groups in total. The van der Waals surface area contributed by atoms with Crippen LogP contribution >= 0.6 is 0 Å². The lowest BCUT2D eigenvalue weighted by molar-refractivity contribution is -0.390. The maximum absolute atomic E-state index is 10.9. The molecule has 0 aliphatic carbocycles. The Morgan fingerprint density at radius 1 is 1.59 bits per heavy atom. The molecule has 0 spiro atoms. The molecule has 0 bridgehead atoms. The molecule has 92 valence electrons. The van der Waals surface area contributed by atoms with Crippen molar-refractivity contribution in [3.63, 3.8) is 0 Å². The van der Waals surface area contributed by atoms with E-state index in [2.05, 4.69) is 4.98 Å². The first-order valence-electron chi connectivity index (χ1n) is 5.18. The van der Waals surface area contributed by atoms with Gasteiger partial charge in [-0.05, 0) is 35.9 Å². The molecule has 0 aliphatic rings. The van der Waals surface area contributed by atoms with Gasteiger partial charge in [0.25, 0.3) is 0 Å². The molecular weight excluding hydrogens is 224 g/mol. The van der Waals surface area contributed by atoms with Crippen LogP contribution in [0, 0.1) is 17.0 Å². The lowest BCUT2D eigenvalue weighted by Gasteiger charge is -2.12. The number of hydrogen-bond donors (Lipinski definition) is 0. The number of Topliss-reactive ketones (excluding diaryl/α,β-unsaturated/α-hetero) is 1. The average molecular weight is 238 g/mol. The predicted molar refractivity (Wildman–Crippen MR) is 61.0 cm³/mol. The molecule has 1 aromatic rings. The van der Waals surface area contributed by atoms with Crippen LogP contribution in [0.3, 0.4) is 0 Å². The number of hydrogen-bond acceptors (Lipinski definition) is 5. The fraction of sp³-hybridized carbons (Fsp3) is 0.455. The Hall–Kier alpha value is -1.98. The normalized spacial score (nSPS) is 11.9. The van der Waals surface area contributed by atoms with Gasteiger partial charge >= 0.3 is 5.82 Å². The Balaban J connectivity index is 2.90. The topological polar surface area (TPSA) is 82.3 Å². The standard InChI is InChI=1S/C11H14N2O4/c1-7-4-5-10(11(12-7)13(15)16)17-9(3)6-8(2)14/h4-5,9H,6H2,1-3H3. The Bertz CT molecular complexity index is 445. The Morgan fingerprint density at radius 3 is 2.76 bits per heavy atom. The summed E-state index contributed by atoms with van der Waals surface area (Å²) in [5.74, 6) is -0.255. The van der Waals surface area contributed by atoms with E-state index in [1.54, 1.807) is 19.9 Å². The lowest BCUT2D eigenvalue weighted by Crippen LogP contribution is -2.16. The zero-order chi connectivity index (χ0) is 13.0. The fourth-order valence-corrected chi connectivity index (χ4v) is 1.42. The largest absolute Gasteiger partial charge is 0.482 e. The second kappa shape index (κ2) is 5.38. The summed E-state index contributed by atoms with van der Waals surface area (Å²) in [5.41, 5.74) is 0.545. The molecule has 0 fully saturated rings. The van der Waals surface area contributed by atoms with Crippen molar-refractivity contribution in [3.05, 3.63) is 27.9 Å². The molecule has 0 radical (unpaired) electrons. The number of nitrogens with zero attached hydrogens (tertiary/aromatic N) is 2. The highest BCUT2D eigenvalue weighted by Gasteiger charge is 2.19. The first-order valence-corrected chi connectivity index (χ1v) is 5.18. The number of ketones is 1. The van der Waals surface area contributed by atoms with Crippen LogP contribution in [0.5, 0.6) is 5.75 Å². The van der Waals surface area contributed by atoms with E-state index >= 15 is 0 Å². The van der Waals surface area contributed by atoms with Gasteiger partial charge in [-0.15, -0.1) is 0 Å². The summed E-state index contributed by atoms with van der Waals surface area (Å²) in [5, 5.41) is 10.8. The van der Waals surface area contributed by atoms with Gasteiger partial charge in [-0.3, -0.25) is 4.79 Å². The molecule has 1 unspecified atom stereocenters. The summed E-state index contributed by atoms with van der Waals surface area (Å²) in [6.45, 7) is 4.79. The monoisotopic (exact) mass is 238 g/mol. The zero-order valence-corrected chi connectivity index (χ0v) is 9.97. The number of pyridine rings is 1. The minimum absolute atomic E-state index is 0.0276. The van der Waals surface area contributed by atoms with Crippen LogP contribution in [0.1, 0.15) is 26.0 Å². The maximum Gasteiger partial charge on any atom is 0.406 e. The molecule has 1 aromatic heterocycles. The highest BCUT2D eigenvalue weighted by Crippen LogP contribution is 2.25. The molecule has 17 heavy (non-hydrogen) atoms. The minimum Gasteiger partial charge on any atom is -0.482 e. The second-order valence-corrected chi connectivity index (χ2v) is 3.87. The van der Waals surface area contributed by atoms with Crippen molar-refractivity contribution in [1.29, 1.82) is 0 Å². The Morgan fingerprint density at radius 2 is 2.24 bits per heavy atom. The van der Waals surface area contributed by atoms with Gasteiger partial charge < -0.3 is 14.9 Å². The number of carbonyl (C=O) groups is 1. The molecular formula is C11H14N2O4. The van der Waals surface area contributed by atoms with E-state index in [9.17, 15) is 14.9 Å². The molecule has 0 aliphatic heterocycles. The first kappa shape index (κ1) is 13.1. The van der Waals surface area contributed by atoms with E-state index in [0.717, 1.165) is 0 Å². The maximum atomic E-state index is 10.9. The van der Waals surface area contributed by atoms with Gasteiger partial charge in [0.2, 0.25) is 5.75 Å². The van der Waals surface area contributed by atoms with Crippen molar-refractivity contribution in [3.8, 4) is 5.75 Å². The fourth-order valence-electron chi connectivity index (χ4n) is 1.42. The zero-order valence-electron chi connectivity index (χ0n) is 9.97. The molecule has 0 amide bonds. The molecule has 0 saturated carbocycles. The first-order chi connectivity index (χ1) is 7.90. The van der Waals surface area contributed by atoms with Crippen molar-refractivity contribution < 1.29 is 14.5 Å². The third kappa shape index (κ3) is 3.82. The highest BCUT2D eigenvalue weighted by molar-refractivity contribution is 5.75. The Labute approximate surface area is 98.8 Å². The number of nitro groups is 1. The summed E-state index contributed by atoms with van der Waals surface area (Å²) < 4.78 is 5.35. The van der Waals surface area contributed by atoms with Crippen LogP contribution in [-0.4, -0.2) is 21.8 Å². The van der Waals surface area contributed by atoms with Crippen LogP contribution in [0.4, 0.5) is 5.82 Å². The Kier molecular flexibility index (Phi) is 4.14. The van der Waals surface area contributed by atoms with Crippen molar-refractivity contribution in [2.24, 2.45) is 0 Å². The highest BCUT2D eigenvalue weighted by atomic mass is 16.6. The molecule has 6 nitrogen and oxygen atoms in total. The van der Waals surface area contributed by atoms with Gasteiger partial charge in [0.15, 0.2) is 0 Å². The van der Waals surface area contributed by atoms with Crippen LogP contribution in [-0.2, 0) is 4.79 Å². The van der Waals surface area contributed by atoms with E-state index in [0.29, 0.717) is 5.69 Å². The summed E-state index contributed by atoms with van der Waals surface area (Å²) >= 11 is 0. The third-order valence-corrected chi connectivity index (χ3v) is 2.05. The van der Waals surface area contributed by atoms with Crippen molar-refractivity contribution in [2.75, 3.05) is 0 Å². The number of ether oxygens (including phenoxy) is 1. The van der Waals surface area contributed by atoms with Crippen LogP contribution in [0.2, 0.25) is 0 Å². The van der Waals surface area contributed by atoms with Crippen molar-refractivity contribution >= 4 is 11.6 Å². The molecule has 1 atom stereocenters. The number of rotatable bonds is 5. The third-order valence-electron chi connectivity index (χ3n) is 2.05. The molecule has 0 aromatic carbocycles. The SMILES string of the molecule is CC(=O)CC(C)Oc1ccc(C)nc1[N+](=O)[O-]. The molecule has 1 rings (SSSR count). The van der Waals surface area contributed by atoms with Crippen LogP contribution in [0.15, 0.2) is 12.1 Å². The van der Waals surface area contributed by atoms with Crippen molar-refractivity contribution in [1.82, 2.24) is 4.98 Å². The van der Waals surface area contributed by atoms with Crippen LogP contribution in [0.25, 0.3) is 0 Å². The number of aryl methyl sites for hydroxylation is 1. The quantitative estimate of drug-likeness (QED) is 0.579. The summed E-state index contributed by atoms with van der Waals surface area (Å²) in [6, 6.07) is 3.12. The van der Waals surface area contributed by atoms with E-state index in [-0.39, 0.29) is 23.8 Å². The smallest absolute Gasteiger partial charge is 0.406 e. The van der Waals surface area contributed by atoms with E-state index < -0.39 is 11.0 Å². The van der Waals surface area contributed by atoms with E-state index in [4.69, 9.17) is 4.74 Å². The summed E-state index contributed by atoms with van der Waals surface area (Å²) in [4.78, 5) is 24.9. The minimum atomic E-state index is -0.594. The van der Waals surface area contributed by atoms with Gasteiger partial charge in [-0.1, -0.05) is 0 Å². The van der Waals surface area contributed by atoms with Gasteiger partial charge in [-0.2, -0.15) is 0 Å². The van der Waals surface area contributed by atoms with Gasteiger partial charge in [-0.25, -0.2) is 0 Å². The second-order valence-electron chi connectivity index (χ2n) is 3.87. The summed E-state index contributed by atoms with van der Waals surface area (Å²) in [7, 11) is 0. The molecule has 0 saturated heterocycles. The molecule has 6 heteroatoms. The molecule has 1 heterocycles. The van der Waals surface area contributed by atoms with E-state index in [1.807, 2.05) is 0 Å². The lowest BCUT2D eigenvalue weighted by atomic mass is 10.2. The average Bonchev–Trinajstić information content (AvgIpc) is 2.19. The van der Waals surface area contributed by atoms with Crippen LogP contribution < -0.4 is 4.74 Å². The number of aromatic nitrogens is 1. The van der Waals surface area contributed by atoms with E-state index in [1.165, 1.54) is 13.0 Å². The van der Waals surface area contributed by atoms with Gasteiger partial charge in [0, 0.05) is 13.3 Å². The van der Waals surface area contributed by atoms with Gasteiger partial charge in [0.1, 0.15) is 17.6 Å². The van der Waals surface area contributed by atoms with Gasteiger partial charge in [0.05, 0.1) is 0 Å². The predicted octanol–water partition coefficient (Wildman–Crippen LogP) is 2.04. The summed E-state index contributed by atoms with van der Waals surface area (Å²) in [6.07, 6.45) is -0.193. The van der Waals surface area contributed by atoms with Crippen molar-refractivity contribution in [2.45, 2.75) is 33.3 Å². The number of carbonyl (C=O) groups excluding carboxylic acids is 1.